The summed E-state index contributed by atoms with van der Waals surface area (Å²) in [6, 6.07) is 11.0. The SMILES string of the molecule is Cc1ccc(C(C)(O)CNC(=O)NCC2Cc3ccccc3O2)o1. The van der Waals surface area contributed by atoms with E-state index in [4.69, 9.17) is 9.15 Å². The molecule has 1 aromatic carbocycles. The van der Waals surface area contributed by atoms with Crippen molar-refractivity contribution < 1.29 is 19.1 Å². The number of carbonyl (C=O) groups is 1. The first-order valence-electron chi connectivity index (χ1n) is 7.99. The zero-order valence-corrected chi connectivity index (χ0v) is 13.8. The molecule has 0 spiro atoms. The normalized spacial score (nSPS) is 18.4. The van der Waals surface area contributed by atoms with Crippen LogP contribution in [0.25, 0.3) is 0 Å². The molecule has 2 aromatic rings. The molecular weight excluding hydrogens is 308 g/mol. The molecule has 0 saturated heterocycles. The topological polar surface area (TPSA) is 83.7 Å². The lowest BCUT2D eigenvalue weighted by atomic mass is 10.0. The zero-order chi connectivity index (χ0) is 17.2. The number of urea groups is 1. The smallest absolute Gasteiger partial charge is 0.315 e. The maximum atomic E-state index is 11.9. The Bertz CT molecular complexity index is 698. The largest absolute Gasteiger partial charge is 0.488 e. The molecule has 0 bridgehead atoms. The molecular formula is C18H22N2O4. The van der Waals surface area contributed by atoms with Crippen molar-refractivity contribution in [3.8, 4) is 5.75 Å². The van der Waals surface area contributed by atoms with Crippen LogP contribution in [0, 0.1) is 6.92 Å². The lowest BCUT2D eigenvalue weighted by Gasteiger charge is -2.21. The van der Waals surface area contributed by atoms with Gasteiger partial charge >= 0.3 is 6.03 Å². The second-order valence-electron chi connectivity index (χ2n) is 6.30. The highest BCUT2D eigenvalue weighted by atomic mass is 16.5. The summed E-state index contributed by atoms with van der Waals surface area (Å²) in [6.45, 7) is 3.86. The molecule has 0 radical (unpaired) electrons. The van der Waals surface area contributed by atoms with Gasteiger partial charge in [0.2, 0.25) is 0 Å². The van der Waals surface area contributed by atoms with E-state index in [9.17, 15) is 9.90 Å². The lowest BCUT2D eigenvalue weighted by Crippen LogP contribution is -2.45. The van der Waals surface area contributed by atoms with Crippen molar-refractivity contribution in [1.29, 1.82) is 0 Å². The van der Waals surface area contributed by atoms with Crippen molar-refractivity contribution in [2.75, 3.05) is 13.1 Å². The van der Waals surface area contributed by atoms with E-state index >= 15 is 0 Å². The van der Waals surface area contributed by atoms with Crippen LogP contribution in [-0.4, -0.2) is 30.3 Å². The third-order valence-electron chi connectivity index (χ3n) is 4.07. The predicted molar refractivity (Wildman–Crippen MR) is 89.0 cm³/mol. The molecule has 3 N–H and O–H groups in total. The summed E-state index contributed by atoms with van der Waals surface area (Å²) in [5.41, 5.74) is -0.105. The van der Waals surface area contributed by atoms with E-state index in [1.165, 1.54) is 0 Å². The van der Waals surface area contributed by atoms with Crippen molar-refractivity contribution in [2.24, 2.45) is 0 Å². The molecule has 6 heteroatoms. The van der Waals surface area contributed by atoms with Crippen LogP contribution < -0.4 is 15.4 Å². The highest BCUT2D eigenvalue weighted by Crippen LogP contribution is 2.27. The van der Waals surface area contributed by atoms with Gasteiger partial charge in [-0.15, -0.1) is 0 Å². The summed E-state index contributed by atoms with van der Waals surface area (Å²) < 4.78 is 11.2. The minimum atomic E-state index is -1.26. The number of carbonyl (C=O) groups excluding carboxylic acids is 1. The minimum Gasteiger partial charge on any atom is -0.488 e. The summed E-state index contributed by atoms with van der Waals surface area (Å²) in [4.78, 5) is 11.9. The van der Waals surface area contributed by atoms with E-state index in [1.807, 2.05) is 24.3 Å². The molecule has 0 fully saturated rings. The maximum Gasteiger partial charge on any atom is 0.315 e. The van der Waals surface area contributed by atoms with E-state index in [0.29, 0.717) is 18.1 Å². The van der Waals surface area contributed by atoms with Crippen LogP contribution >= 0.6 is 0 Å². The average molecular weight is 330 g/mol. The van der Waals surface area contributed by atoms with Crippen LogP contribution in [0.2, 0.25) is 0 Å². The fraction of sp³-hybridized carbons (Fsp3) is 0.389. The van der Waals surface area contributed by atoms with Crippen LogP contribution in [-0.2, 0) is 12.0 Å². The molecule has 24 heavy (non-hydrogen) atoms. The third-order valence-corrected chi connectivity index (χ3v) is 4.07. The van der Waals surface area contributed by atoms with Crippen molar-refractivity contribution in [3.05, 3.63) is 53.5 Å². The van der Waals surface area contributed by atoms with E-state index < -0.39 is 5.60 Å². The number of rotatable bonds is 5. The number of fused-ring (bicyclic) bond motifs is 1. The van der Waals surface area contributed by atoms with Gasteiger partial charge in [0.1, 0.15) is 29.0 Å². The number of hydrogen-bond acceptors (Lipinski definition) is 4. The number of ether oxygens (including phenoxy) is 1. The molecule has 2 unspecified atom stereocenters. The molecule has 2 amide bonds. The van der Waals surface area contributed by atoms with Crippen LogP contribution in [0.4, 0.5) is 4.79 Å². The highest BCUT2D eigenvalue weighted by molar-refractivity contribution is 5.74. The standard InChI is InChI=1S/C18H22N2O4/c1-12-7-8-16(23-12)18(2,22)11-20-17(21)19-10-14-9-13-5-3-4-6-15(13)24-14/h3-8,14,22H,9-11H2,1-2H3,(H2,19,20,21). The van der Waals surface area contributed by atoms with Gasteiger partial charge in [-0.2, -0.15) is 0 Å². The van der Waals surface area contributed by atoms with Crippen LogP contribution in [0.15, 0.2) is 40.8 Å². The fourth-order valence-corrected chi connectivity index (χ4v) is 2.70. The predicted octanol–water partition coefficient (Wildman–Crippen LogP) is 2.10. The number of amides is 2. The van der Waals surface area contributed by atoms with Gasteiger partial charge < -0.3 is 24.9 Å². The first-order chi connectivity index (χ1) is 11.4. The Morgan fingerprint density at radius 2 is 2.08 bits per heavy atom. The lowest BCUT2D eigenvalue weighted by molar-refractivity contribution is 0.0359. The van der Waals surface area contributed by atoms with Crippen molar-refractivity contribution >= 4 is 6.03 Å². The van der Waals surface area contributed by atoms with E-state index in [1.54, 1.807) is 26.0 Å². The fourth-order valence-electron chi connectivity index (χ4n) is 2.70. The molecule has 2 heterocycles. The Labute approximate surface area is 140 Å². The maximum absolute atomic E-state index is 11.9. The molecule has 128 valence electrons. The zero-order valence-electron chi connectivity index (χ0n) is 13.8. The Hall–Kier alpha value is -2.47. The molecule has 2 atom stereocenters. The first kappa shape index (κ1) is 16.4. The number of aryl methyl sites for hydroxylation is 1. The van der Waals surface area contributed by atoms with Crippen molar-refractivity contribution in [1.82, 2.24) is 10.6 Å². The van der Waals surface area contributed by atoms with E-state index in [0.717, 1.165) is 17.7 Å². The molecule has 0 saturated carbocycles. The summed E-state index contributed by atoms with van der Waals surface area (Å²) in [5.74, 6) is 2.02. The molecule has 1 aromatic heterocycles. The Balaban J connectivity index is 1.44. The van der Waals surface area contributed by atoms with Gasteiger partial charge in [0.15, 0.2) is 0 Å². The van der Waals surface area contributed by atoms with Crippen LogP contribution in [0.5, 0.6) is 5.75 Å². The van der Waals surface area contributed by atoms with Crippen LogP contribution in [0.3, 0.4) is 0 Å². The van der Waals surface area contributed by atoms with E-state index in [2.05, 4.69) is 10.6 Å². The van der Waals surface area contributed by atoms with Gasteiger partial charge in [-0.3, -0.25) is 0 Å². The Morgan fingerprint density at radius 3 is 2.79 bits per heavy atom. The third kappa shape index (κ3) is 3.71. The second kappa shape index (κ2) is 6.57. The average Bonchev–Trinajstić information content (AvgIpc) is 3.17. The molecule has 1 aliphatic rings. The Morgan fingerprint density at radius 1 is 1.29 bits per heavy atom. The molecule has 6 nitrogen and oxygen atoms in total. The number of nitrogens with one attached hydrogen (secondary N) is 2. The van der Waals surface area contributed by atoms with Gasteiger partial charge in [-0.25, -0.2) is 4.79 Å². The van der Waals surface area contributed by atoms with Gasteiger partial charge in [-0.05, 0) is 37.6 Å². The van der Waals surface area contributed by atoms with Gasteiger partial charge in [0.05, 0.1) is 13.1 Å². The summed E-state index contributed by atoms with van der Waals surface area (Å²) in [6.07, 6.45) is 0.709. The van der Waals surface area contributed by atoms with Gasteiger partial charge in [0.25, 0.3) is 0 Å². The van der Waals surface area contributed by atoms with Gasteiger partial charge in [-0.1, -0.05) is 18.2 Å². The van der Waals surface area contributed by atoms with Crippen molar-refractivity contribution in [3.63, 3.8) is 0 Å². The van der Waals surface area contributed by atoms with E-state index in [-0.39, 0.29) is 18.7 Å². The first-order valence-corrected chi connectivity index (χ1v) is 7.99. The minimum absolute atomic E-state index is 0.0531. The second-order valence-corrected chi connectivity index (χ2v) is 6.30. The summed E-state index contributed by atoms with van der Waals surface area (Å²) in [7, 11) is 0. The molecule has 0 aliphatic carbocycles. The number of hydrogen-bond donors (Lipinski definition) is 3. The molecule has 1 aliphatic heterocycles. The Kier molecular flexibility index (Phi) is 4.49. The number of benzene rings is 1. The summed E-state index contributed by atoms with van der Waals surface area (Å²) in [5, 5.41) is 15.8. The molecule has 3 rings (SSSR count). The highest BCUT2D eigenvalue weighted by Gasteiger charge is 2.28. The number of furan rings is 1. The number of aliphatic hydroxyl groups is 1. The van der Waals surface area contributed by atoms with Crippen molar-refractivity contribution in [2.45, 2.75) is 32.0 Å². The summed E-state index contributed by atoms with van der Waals surface area (Å²) >= 11 is 0. The van der Waals surface area contributed by atoms with Crippen LogP contribution in [0.1, 0.15) is 24.0 Å². The van der Waals surface area contributed by atoms with Gasteiger partial charge in [0, 0.05) is 6.42 Å². The monoisotopic (exact) mass is 330 g/mol. The quantitative estimate of drug-likeness (QED) is 0.784. The number of para-hydroxylation sites is 1.